The first-order chi connectivity index (χ1) is 7.50. The molecule has 0 spiro atoms. The normalized spacial score (nSPS) is 19.8. The predicted molar refractivity (Wildman–Crippen MR) is 69.2 cm³/mol. The van der Waals surface area contributed by atoms with Crippen LogP contribution in [-0.4, -0.2) is 20.7 Å². The molecule has 16 heavy (non-hydrogen) atoms. The highest BCUT2D eigenvalue weighted by molar-refractivity contribution is 9.10. The molecular formula is C11H14BrNO2S. The number of rotatable bonds is 1. The SMILES string of the molecule is Cc1ccc(N2CCCCS2(=O)=O)cc1Br. The second-order valence-corrected chi connectivity index (χ2v) is 6.90. The van der Waals surface area contributed by atoms with Crippen molar-refractivity contribution < 1.29 is 8.42 Å². The maximum absolute atomic E-state index is 11.9. The van der Waals surface area contributed by atoms with Gasteiger partial charge in [0.1, 0.15) is 0 Å². The second kappa shape index (κ2) is 4.37. The van der Waals surface area contributed by atoms with Crippen LogP contribution in [0.1, 0.15) is 18.4 Å². The van der Waals surface area contributed by atoms with Gasteiger partial charge in [-0.1, -0.05) is 22.0 Å². The number of halogens is 1. The third-order valence-corrected chi connectivity index (χ3v) is 5.52. The number of anilines is 1. The summed E-state index contributed by atoms with van der Waals surface area (Å²) in [6, 6.07) is 5.67. The molecule has 1 heterocycles. The van der Waals surface area contributed by atoms with Crippen LogP contribution in [0.15, 0.2) is 22.7 Å². The first kappa shape index (κ1) is 11.9. The minimum atomic E-state index is -3.09. The third kappa shape index (κ3) is 2.25. The first-order valence-corrected chi connectivity index (χ1v) is 7.67. The van der Waals surface area contributed by atoms with Crippen molar-refractivity contribution in [2.24, 2.45) is 0 Å². The lowest BCUT2D eigenvalue weighted by Gasteiger charge is -2.28. The zero-order valence-corrected chi connectivity index (χ0v) is 11.5. The van der Waals surface area contributed by atoms with Crippen LogP contribution in [0.2, 0.25) is 0 Å². The van der Waals surface area contributed by atoms with Crippen LogP contribution in [-0.2, 0) is 10.0 Å². The van der Waals surface area contributed by atoms with Crippen LogP contribution in [0.25, 0.3) is 0 Å². The van der Waals surface area contributed by atoms with E-state index in [0.29, 0.717) is 6.54 Å². The molecular weight excluding hydrogens is 290 g/mol. The lowest BCUT2D eigenvalue weighted by atomic mass is 10.2. The van der Waals surface area contributed by atoms with E-state index < -0.39 is 10.0 Å². The van der Waals surface area contributed by atoms with Gasteiger partial charge < -0.3 is 0 Å². The smallest absolute Gasteiger partial charge is 0.235 e. The van der Waals surface area contributed by atoms with Gasteiger partial charge in [0.25, 0.3) is 0 Å². The fraction of sp³-hybridized carbons (Fsp3) is 0.455. The molecule has 1 aromatic carbocycles. The van der Waals surface area contributed by atoms with Crippen molar-refractivity contribution in [2.45, 2.75) is 19.8 Å². The molecule has 0 atom stereocenters. The topological polar surface area (TPSA) is 37.4 Å². The van der Waals surface area contributed by atoms with Crippen LogP contribution < -0.4 is 4.31 Å². The molecule has 0 amide bonds. The molecule has 0 N–H and O–H groups in total. The Labute approximate surface area is 105 Å². The molecule has 0 aliphatic carbocycles. The zero-order chi connectivity index (χ0) is 11.8. The Morgan fingerprint density at radius 3 is 2.69 bits per heavy atom. The van der Waals surface area contributed by atoms with Crippen LogP contribution in [0.3, 0.4) is 0 Å². The number of nitrogens with zero attached hydrogens (tertiary/aromatic N) is 1. The Kier molecular flexibility index (Phi) is 3.26. The van der Waals surface area contributed by atoms with Crippen molar-refractivity contribution in [3.63, 3.8) is 0 Å². The Bertz CT molecular complexity index is 499. The standard InChI is InChI=1S/C11H14BrNO2S/c1-9-4-5-10(8-11(9)12)13-6-2-3-7-16(13,14)15/h4-5,8H,2-3,6-7H2,1H3. The minimum absolute atomic E-state index is 0.262. The summed E-state index contributed by atoms with van der Waals surface area (Å²) in [6.07, 6.45) is 1.70. The maximum atomic E-state index is 11.9. The molecule has 0 radical (unpaired) electrons. The number of hydrogen-bond donors (Lipinski definition) is 0. The van der Waals surface area contributed by atoms with E-state index in [-0.39, 0.29) is 5.75 Å². The molecule has 1 saturated heterocycles. The summed E-state index contributed by atoms with van der Waals surface area (Å²) in [6.45, 7) is 2.58. The molecule has 3 nitrogen and oxygen atoms in total. The molecule has 1 aliphatic rings. The molecule has 0 unspecified atom stereocenters. The zero-order valence-electron chi connectivity index (χ0n) is 9.11. The summed E-state index contributed by atoms with van der Waals surface area (Å²) >= 11 is 3.43. The average Bonchev–Trinajstić information content (AvgIpc) is 2.22. The predicted octanol–water partition coefficient (Wildman–Crippen LogP) is 2.69. The minimum Gasteiger partial charge on any atom is -0.270 e. The van der Waals surface area contributed by atoms with Gasteiger partial charge in [-0.3, -0.25) is 4.31 Å². The number of hydrogen-bond acceptors (Lipinski definition) is 2. The van der Waals surface area contributed by atoms with Crippen molar-refractivity contribution in [1.82, 2.24) is 0 Å². The summed E-state index contributed by atoms with van der Waals surface area (Å²) in [7, 11) is -3.09. The highest BCUT2D eigenvalue weighted by Gasteiger charge is 2.25. The van der Waals surface area contributed by atoms with Gasteiger partial charge in [-0.2, -0.15) is 0 Å². The third-order valence-electron chi connectivity index (χ3n) is 2.79. The lowest BCUT2D eigenvalue weighted by Crippen LogP contribution is -2.37. The largest absolute Gasteiger partial charge is 0.270 e. The van der Waals surface area contributed by atoms with E-state index in [1.54, 1.807) is 0 Å². The maximum Gasteiger partial charge on any atom is 0.235 e. The van der Waals surface area contributed by atoms with E-state index in [1.165, 1.54) is 4.31 Å². The molecule has 1 aromatic rings. The van der Waals surface area contributed by atoms with E-state index in [1.807, 2.05) is 25.1 Å². The first-order valence-electron chi connectivity index (χ1n) is 5.27. The Morgan fingerprint density at radius 2 is 2.06 bits per heavy atom. The summed E-state index contributed by atoms with van der Waals surface area (Å²) in [4.78, 5) is 0. The van der Waals surface area contributed by atoms with Crippen LogP contribution in [0.4, 0.5) is 5.69 Å². The van der Waals surface area contributed by atoms with E-state index in [0.717, 1.165) is 28.6 Å². The fourth-order valence-electron chi connectivity index (χ4n) is 1.82. The van der Waals surface area contributed by atoms with Crippen LogP contribution in [0.5, 0.6) is 0 Å². The Morgan fingerprint density at radius 1 is 1.31 bits per heavy atom. The Balaban J connectivity index is 2.39. The fourth-order valence-corrected chi connectivity index (χ4v) is 3.81. The van der Waals surface area contributed by atoms with Crippen molar-refractivity contribution in [3.05, 3.63) is 28.2 Å². The summed E-state index contributed by atoms with van der Waals surface area (Å²) in [5, 5.41) is 0. The summed E-state index contributed by atoms with van der Waals surface area (Å²) in [5.41, 5.74) is 1.87. The van der Waals surface area contributed by atoms with E-state index >= 15 is 0 Å². The number of benzene rings is 1. The highest BCUT2D eigenvalue weighted by atomic mass is 79.9. The van der Waals surface area contributed by atoms with Gasteiger partial charge in [-0.15, -0.1) is 0 Å². The number of aryl methyl sites for hydroxylation is 1. The summed E-state index contributed by atoms with van der Waals surface area (Å²) < 4.78 is 26.2. The van der Waals surface area contributed by atoms with Gasteiger partial charge in [0.05, 0.1) is 11.4 Å². The molecule has 0 bridgehead atoms. The number of sulfonamides is 1. The molecule has 0 aromatic heterocycles. The molecule has 2 rings (SSSR count). The van der Waals surface area contributed by atoms with E-state index in [2.05, 4.69) is 15.9 Å². The van der Waals surface area contributed by atoms with Gasteiger partial charge >= 0.3 is 0 Å². The molecule has 1 aliphatic heterocycles. The van der Waals surface area contributed by atoms with Crippen LogP contribution >= 0.6 is 15.9 Å². The van der Waals surface area contributed by atoms with E-state index in [9.17, 15) is 8.42 Å². The molecule has 0 saturated carbocycles. The van der Waals surface area contributed by atoms with Crippen molar-refractivity contribution in [1.29, 1.82) is 0 Å². The quantitative estimate of drug-likeness (QED) is 0.800. The highest BCUT2D eigenvalue weighted by Crippen LogP contribution is 2.27. The lowest BCUT2D eigenvalue weighted by molar-refractivity contribution is 0.574. The molecule has 1 fully saturated rings. The van der Waals surface area contributed by atoms with Crippen LogP contribution in [0, 0.1) is 6.92 Å². The second-order valence-electron chi connectivity index (χ2n) is 4.03. The van der Waals surface area contributed by atoms with Crippen molar-refractivity contribution in [2.75, 3.05) is 16.6 Å². The summed E-state index contributed by atoms with van der Waals surface area (Å²) in [5.74, 6) is 0.262. The Hall–Kier alpha value is -0.550. The monoisotopic (exact) mass is 303 g/mol. The average molecular weight is 304 g/mol. The van der Waals surface area contributed by atoms with Gasteiger partial charge in [-0.25, -0.2) is 8.42 Å². The van der Waals surface area contributed by atoms with Gasteiger partial charge in [0.15, 0.2) is 0 Å². The molecule has 88 valence electrons. The van der Waals surface area contributed by atoms with Gasteiger partial charge in [0.2, 0.25) is 10.0 Å². The van der Waals surface area contributed by atoms with Crippen molar-refractivity contribution in [3.8, 4) is 0 Å². The van der Waals surface area contributed by atoms with E-state index in [4.69, 9.17) is 0 Å². The van der Waals surface area contributed by atoms with Gasteiger partial charge in [-0.05, 0) is 37.5 Å². The molecule has 5 heteroatoms. The van der Waals surface area contributed by atoms with Crippen molar-refractivity contribution >= 4 is 31.6 Å². The van der Waals surface area contributed by atoms with Gasteiger partial charge in [0, 0.05) is 11.0 Å².